The van der Waals surface area contributed by atoms with Crippen LogP contribution in [0.1, 0.15) is 36.8 Å². The Morgan fingerprint density at radius 1 is 1.50 bits per heavy atom. The molecule has 3 nitrogen and oxygen atoms in total. The zero-order chi connectivity index (χ0) is 12.6. The van der Waals surface area contributed by atoms with Crippen molar-refractivity contribution >= 4 is 5.91 Å². The summed E-state index contributed by atoms with van der Waals surface area (Å²) in [5, 5.41) is 6.57. The van der Waals surface area contributed by atoms with Crippen LogP contribution in [-0.2, 0) is 11.2 Å². The first kappa shape index (κ1) is 11.7. The maximum absolute atomic E-state index is 12.1. The van der Waals surface area contributed by atoms with E-state index in [1.54, 1.807) is 0 Å². The molecule has 1 aromatic carbocycles. The van der Waals surface area contributed by atoms with Crippen LogP contribution < -0.4 is 10.6 Å². The summed E-state index contributed by atoms with van der Waals surface area (Å²) in [6.07, 6.45) is 3.25. The Labute approximate surface area is 108 Å². The fraction of sp³-hybridized carbons (Fsp3) is 0.533. The van der Waals surface area contributed by atoms with Gasteiger partial charge >= 0.3 is 0 Å². The number of carbonyl (C=O) groups is 1. The fourth-order valence-electron chi connectivity index (χ4n) is 3.01. The van der Waals surface area contributed by atoms with Gasteiger partial charge in [-0.3, -0.25) is 4.79 Å². The average molecular weight is 244 g/mol. The molecule has 1 aliphatic carbocycles. The third kappa shape index (κ3) is 2.03. The van der Waals surface area contributed by atoms with Gasteiger partial charge in [-0.15, -0.1) is 0 Å². The van der Waals surface area contributed by atoms with E-state index in [1.165, 1.54) is 17.5 Å². The highest BCUT2D eigenvalue weighted by Gasteiger charge is 2.34. The van der Waals surface area contributed by atoms with Crippen molar-refractivity contribution < 1.29 is 4.79 Å². The second kappa shape index (κ2) is 4.39. The molecule has 0 bridgehead atoms. The lowest BCUT2D eigenvalue weighted by atomic mass is 9.77. The summed E-state index contributed by atoms with van der Waals surface area (Å²) < 4.78 is 0. The number of amides is 1. The Hall–Kier alpha value is -1.35. The molecule has 3 heteroatoms. The number of fused-ring (bicyclic) bond motifs is 1. The second-order valence-corrected chi connectivity index (χ2v) is 5.76. The first-order chi connectivity index (χ1) is 8.68. The first-order valence-corrected chi connectivity index (χ1v) is 6.78. The molecule has 96 valence electrons. The maximum atomic E-state index is 12.1. The van der Waals surface area contributed by atoms with E-state index in [0.29, 0.717) is 0 Å². The van der Waals surface area contributed by atoms with Crippen LogP contribution in [-0.4, -0.2) is 24.5 Å². The fourth-order valence-corrected chi connectivity index (χ4v) is 3.01. The zero-order valence-corrected chi connectivity index (χ0v) is 10.8. The molecule has 0 spiro atoms. The van der Waals surface area contributed by atoms with Gasteiger partial charge in [-0.25, -0.2) is 0 Å². The van der Waals surface area contributed by atoms with Crippen LogP contribution in [0.4, 0.5) is 0 Å². The summed E-state index contributed by atoms with van der Waals surface area (Å²) in [5.41, 5.74) is 2.63. The van der Waals surface area contributed by atoms with Gasteiger partial charge < -0.3 is 10.6 Å². The number of hydrogen-bond donors (Lipinski definition) is 2. The van der Waals surface area contributed by atoms with Crippen molar-refractivity contribution in [2.24, 2.45) is 0 Å². The van der Waals surface area contributed by atoms with Crippen LogP contribution in [0.3, 0.4) is 0 Å². The second-order valence-electron chi connectivity index (χ2n) is 5.76. The van der Waals surface area contributed by atoms with Gasteiger partial charge in [0.25, 0.3) is 0 Å². The molecule has 2 N–H and O–H groups in total. The molecular formula is C15H20N2O. The molecule has 2 aliphatic rings. The number of carbonyl (C=O) groups excluding carboxylic acids is 1. The van der Waals surface area contributed by atoms with E-state index < -0.39 is 0 Å². The van der Waals surface area contributed by atoms with Crippen molar-refractivity contribution in [1.82, 2.24) is 10.6 Å². The largest absolute Gasteiger partial charge is 0.354 e. The van der Waals surface area contributed by atoms with Crippen LogP contribution in [0.2, 0.25) is 0 Å². The van der Waals surface area contributed by atoms with Gasteiger partial charge in [0.1, 0.15) is 0 Å². The number of rotatable bonds is 3. The molecular weight excluding hydrogens is 224 g/mol. The van der Waals surface area contributed by atoms with Crippen LogP contribution >= 0.6 is 0 Å². The molecule has 3 rings (SSSR count). The SMILES string of the molecule is CC1(CNC(=O)C2Cc3ccccc32)CCCN1. The van der Waals surface area contributed by atoms with Gasteiger partial charge in [-0.05, 0) is 43.9 Å². The topological polar surface area (TPSA) is 41.1 Å². The molecule has 0 radical (unpaired) electrons. The van der Waals surface area contributed by atoms with E-state index in [-0.39, 0.29) is 17.4 Å². The molecule has 1 aromatic rings. The Morgan fingerprint density at radius 3 is 3.06 bits per heavy atom. The third-order valence-electron chi connectivity index (χ3n) is 4.28. The summed E-state index contributed by atoms with van der Waals surface area (Å²) >= 11 is 0. The lowest BCUT2D eigenvalue weighted by Crippen LogP contribution is -2.49. The van der Waals surface area contributed by atoms with Gasteiger partial charge in [-0.2, -0.15) is 0 Å². The van der Waals surface area contributed by atoms with E-state index in [4.69, 9.17) is 0 Å². The predicted octanol–water partition coefficient (Wildman–Crippen LogP) is 1.58. The lowest BCUT2D eigenvalue weighted by molar-refractivity contribution is -0.123. The first-order valence-electron chi connectivity index (χ1n) is 6.78. The van der Waals surface area contributed by atoms with Crippen LogP contribution in [0.15, 0.2) is 24.3 Å². The monoisotopic (exact) mass is 244 g/mol. The summed E-state index contributed by atoms with van der Waals surface area (Å²) in [6, 6.07) is 8.23. The quantitative estimate of drug-likeness (QED) is 0.847. The minimum absolute atomic E-state index is 0.0752. The molecule has 1 aliphatic heterocycles. The van der Waals surface area contributed by atoms with Crippen molar-refractivity contribution in [2.45, 2.75) is 37.6 Å². The van der Waals surface area contributed by atoms with E-state index in [0.717, 1.165) is 25.9 Å². The number of hydrogen-bond acceptors (Lipinski definition) is 2. The Balaban J connectivity index is 1.58. The highest BCUT2D eigenvalue weighted by molar-refractivity contribution is 5.86. The molecule has 0 aromatic heterocycles. The number of benzene rings is 1. The minimum Gasteiger partial charge on any atom is -0.354 e. The van der Waals surface area contributed by atoms with Crippen molar-refractivity contribution in [3.05, 3.63) is 35.4 Å². The smallest absolute Gasteiger partial charge is 0.227 e. The Bertz CT molecular complexity index is 463. The Morgan fingerprint density at radius 2 is 2.33 bits per heavy atom. The summed E-state index contributed by atoms with van der Waals surface area (Å²) in [6.45, 7) is 4.00. The van der Waals surface area contributed by atoms with E-state index >= 15 is 0 Å². The normalized spacial score (nSPS) is 29.5. The van der Waals surface area contributed by atoms with Crippen LogP contribution in [0.25, 0.3) is 0 Å². The Kier molecular flexibility index (Phi) is 2.86. The number of nitrogens with one attached hydrogen (secondary N) is 2. The summed E-state index contributed by atoms with van der Waals surface area (Å²) in [7, 11) is 0. The molecule has 2 unspecified atom stereocenters. The molecule has 18 heavy (non-hydrogen) atoms. The van der Waals surface area contributed by atoms with E-state index in [1.807, 2.05) is 12.1 Å². The lowest BCUT2D eigenvalue weighted by Gasteiger charge is -2.31. The van der Waals surface area contributed by atoms with Gasteiger partial charge in [-0.1, -0.05) is 24.3 Å². The minimum atomic E-state index is 0.0752. The van der Waals surface area contributed by atoms with Crippen molar-refractivity contribution in [3.63, 3.8) is 0 Å². The third-order valence-corrected chi connectivity index (χ3v) is 4.28. The molecule has 1 fully saturated rings. The van der Waals surface area contributed by atoms with Gasteiger partial charge in [0.05, 0.1) is 5.92 Å². The zero-order valence-electron chi connectivity index (χ0n) is 10.8. The van der Waals surface area contributed by atoms with Crippen molar-refractivity contribution in [1.29, 1.82) is 0 Å². The predicted molar refractivity (Wildman–Crippen MR) is 71.5 cm³/mol. The molecule has 0 saturated carbocycles. The molecule has 2 atom stereocenters. The highest BCUT2D eigenvalue weighted by Crippen LogP contribution is 2.34. The van der Waals surface area contributed by atoms with Crippen molar-refractivity contribution in [3.8, 4) is 0 Å². The van der Waals surface area contributed by atoms with Gasteiger partial charge in [0.15, 0.2) is 0 Å². The van der Waals surface area contributed by atoms with Crippen LogP contribution in [0, 0.1) is 0 Å². The van der Waals surface area contributed by atoms with E-state index in [9.17, 15) is 4.79 Å². The van der Waals surface area contributed by atoms with Gasteiger partial charge in [0.2, 0.25) is 5.91 Å². The van der Waals surface area contributed by atoms with Gasteiger partial charge in [0, 0.05) is 12.1 Å². The van der Waals surface area contributed by atoms with Crippen molar-refractivity contribution in [2.75, 3.05) is 13.1 Å². The average Bonchev–Trinajstić information content (AvgIpc) is 2.76. The maximum Gasteiger partial charge on any atom is 0.227 e. The summed E-state index contributed by atoms with van der Waals surface area (Å²) in [5.74, 6) is 0.259. The summed E-state index contributed by atoms with van der Waals surface area (Å²) in [4.78, 5) is 12.1. The standard InChI is InChI=1S/C15H20N2O/c1-15(7-4-8-17-15)10-16-14(18)13-9-11-5-2-3-6-12(11)13/h2-3,5-6,13,17H,4,7-10H2,1H3,(H,16,18). The van der Waals surface area contributed by atoms with E-state index in [2.05, 4.69) is 29.7 Å². The van der Waals surface area contributed by atoms with Crippen LogP contribution in [0.5, 0.6) is 0 Å². The molecule has 1 saturated heterocycles. The highest BCUT2D eigenvalue weighted by atomic mass is 16.1. The molecule has 1 amide bonds. The molecule has 1 heterocycles.